The number of aromatic nitrogens is 2. The molecule has 0 amide bonds. The van der Waals surface area contributed by atoms with Crippen LogP contribution in [0, 0.1) is 0 Å². The lowest BCUT2D eigenvalue weighted by atomic mass is 10.1. The van der Waals surface area contributed by atoms with E-state index in [1.54, 1.807) is 6.20 Å². The molecular formula is C14H18N2O. The van der Waals surface area contributed by atoms with Gasteiger partial charge in [0.05, 0.1) is 11.9 Å². The van der Waals surface area contributed by atoms with Gasteiger partial charge in [-0.05, 0) is 5.56 Å². The summed E-state index contributed by atoms with van der Waals surface area (Å²) in [5, 5.41) is 10.3. The molecule has 0 spiro atoms. The summed E-state index contributed by atoms with van der Waals surface area (Å²) in [7, 11) is 1.95. The Kier molecular flexibility index (Phi) is 3.29. The molecule has 3 nitrogen and oxygen atoms in total. The van der Waals surface area contributed by atoms with Crippen LogP contribution in [-0.4, -0.2) is 14.7 Å². The first-order valence-corrected chi connectivity index (χ1v) is 5.85. The Labute approximate surface area is 102 Å². The summed E-state index contributed by atoms with van der Waals surface area (Å²) in [5.74, 6) is 1.35. The average Bonchev–Trinajstić information content (AvgIpc) is 2.71. The fraction of sp³-hybridized carbons (Fsp3) is 0.357. The topological polar surface area (TPSA) is 38.1 Å². The molecule has 90 valence electrons. The maximum absolute atomic E-state index is 10.3. The Morgan fingerprint density at radius 1 is 1.18 bits per heavy atom. The third-order valence-electron chi connectivity index (χ3n) is 2.97. The van der Waals surface area contributed by atoms with Gasteiger partial charge < -0.3 is 9.67 Å². The molecule has 1 atom stereocenters. The maximum atomic E-state index is 10.3. The molecule has 0 unspecified atom stereocenters. The van der Waals surface area contributed by atoms with Gasteiger partial charge in [0.2, 0.25) is 0 Å². The zero-order valence-electron chi connectivity index (χ0n) is 10.5. The average molecular weight is 230 g/mol. The molecule has 2 aromatic rings. The van der Waals surface area contributed by atoms with Crippen LogP contribution >= 0.6 is 0 Å². The van der Waals surface area contributed by atoms with E-state index in [1.165, 1.54) is 0 Å². The van der Waals surface area contributed by atoms with E-state index in [4.69, 9.17) is 0 Å². The van der Waals surface area contributed by atoms with Gasteiger partial charge in [-0.25, -0.2) is 4.98 Å². The van der Waals surface area contributed by atoms with Crippen molar-refractivity contribution in [2.75, 3.05) is 0 Å². The quantitative estimate of drug-likeness (QED) is 0.880. The Balaban J connectivity index is 2.35. The largest absolute Gasteiger partial charge is 0.382 e. The summed E-state index contributed by atoms with van der Waals surface area (Å²) >= 11 is 0. The molecule has 1 aromatic carbocycles. The van der Waals surface area contributed by atoms with E-state index in [0.717, 1.165) is 17.1 Å². The van der Waals surface area contributed by atoms with Gasteiger partial charge in [0.1, 0.15) is 11.9 Å². The van der Waals surface area contributed by atoms with Crippen LogP contribution in [0.2, 0.25) is 0 Å². The lowest BCUT2D eigenvalue weighted by molar-refractivity contribution is 0.211. The summed E-state index contributed by atoms with van der Waals surface area (Å²) in [6.07, 6.45) is 1.15. The monoisotopic (exact) mass is 230 g/mol. The number of nitrogens with zero attached hydrogens (tertiary/aromatic N) is 2. The minimum Gasteiger partial charge on any atom is -0.382 e. The first-order valence-electron chi connectivity index (χ1n) is 5.85. The Bertz CT molecular complexity index is 488. The standard InChI is InChI=1S/C14H18N2O/c1-10(2)14-15-9-12(16(14)3)13(17)11-7-5-4-6-8-11/h4-10,13,17H,1-3H3/t13-/m0/s1. The van der Waals surface area contributed by atoms with Crippen LogP contribution in [0.5, 0.6) is 0 Å². The summed E-state index contributed by atoms with van der Waals surface area (Å²) in [5.41, 5.74) is 1.73. The summed E-state index contributed by atoms with van der Waals surface area (Å²) < 4.78 is 1.97. The highest BCUT2D eigenvalue weighted by atomic mass is 16.3. The van der Waals surface area contributed by atoms with E-state index in [0.29, 0.717) is 5.92 Å². The highest BCUT2D eigenvalue weighted by Gasteiger charge is 2.17. The number of aliphatic hydroxyl groups excluding tert-OH is 1. The van der Waals surface area contributed by atoms with E-state index < -0.39 is 6.10 Å². The summed E-state index contributed by atoms with van der Waals surface area (Å²) in [4.78, 5) is 4.36. The first-order chi connectivity index (χ1) is 8.11. The second-order valence-corrected chi connectivity index (χ2v) is 4.57. The van der Waals surface area contributed by atoms with Crippen molar-refractivity contribution in [2.45, 2.75) is 25.9 Å². The Morgan fingerprint density at radius 2 is 1.82 bits per heavy atom. The molecule has 17 heavy (non-hydrogen) atoms. The summed E-state index contributed by atoms with van der Waals surface area (Å²) in [6, 6.07) is 9.65. The van der Waals surface area contributed by atoms with Crippen molar-refractivity contribution in [1.29, 1.82) is 0 Å². The van der Waals surface area contributed by atoms with Gasteiger partial charge in [0.25, 0.3) is 0 Å². The minimum atomic E-state index is -0.610. The normalized spacial score (nSPS) is 13.0. The third kappa shape index (κ3) is 2.24. The molecule has 3 heteroatoms. The fourth-order valence-electron chi connectivity index (χ4n) is 2.03. The minimum absolute atomic E-state index is 0.358. The van der Waals surface area contributed by atoms with Crippen LogP contribution in [0.1, 0.15) is 43.0 Å². The van der Waals surface area contributed by atoms with E-state index in [2.05, 4.69) is 18.8 Å². The van der Waals surface area contributed by atoms with Crippen molar-refractivity contribution >= 4 is 0 Å². The summed E-state index contributed by atoms with van der Waals surface area (Å²) in [6.45, 7) is 4.20. The van der Waals surface area contributed by atoms with Crippen molar-refractivity contribution < 1.29 is 5.11 Å². The lowest BCUT2D eigenvalue weighted by Gasteiger charge is -2.13. The Hall–Kier alpha value is -1.61. The highest BCUT2D eigenvalue weighted by molar-refractivity contribution is 5.26. The number of benzene rings is 1. The molecule has 0 saturated heterocycles. The van der Waals surface area contributed by atoms with Crippen LogP contribution in [0.3, 0.4) is 0 Å². The van der Waals surface area contributed by atoms with E-state index in [9.17, 15) is 5.11 Å². The molecule has 0 saturated carbocycles. The molecule has 1 heterocycles. The zero-order chi connectivity index (χ0) is 12.4. The number of imidazole rings is 1. The molecule has 2 rings (SSSR count). The van der Waals surface area contributed by atoms with Crippen LogP contribution in [0.15, 0.2) is 36.5 Å². The number of hydrogen-bond acceptors (Lipinski definition) is 2. The second-order valence-electron chi connectivity index (χ2n) is 4.57. The lowest BCUT2D eigenvalue weighted by Crippen LogP contribution is -2.08. The van der Waals surface area contributed by atoms with Crippen LogP contribution < -0.4 is 0 Å². The van der Waals surface area contributed by atoms with Crippen molar-refractivity contribution in [2.24, 2.45) is 7.05 Å². The molecule has 0 bridgehead atoms. The molecule has 0 aliphatic carbocycles. The second kappa shape index (κ2) is 4.72. The first kappa shape index (κ1) is 11.9. The van der Waals surface area contributed by atoms with Gasteiger partial charge in [-0.1, -0.05) is 44.2 Å². The molecule has 0 radical (unpaired) electrons. The smallest absolute Gasteiger partial charge is 0.121 e. The Morgan fingerprint density at radius 3 is 2.35 bits per heavy atom. The van der Waals surface area contributed by atoms with Gasteiger partial charge in [-0.2, -0.15) is 0 Å². The molecule has 0 aliphatic rings. The molecule has 1 N–H and O–H groups in total. The van der Waals surface area contributed by atoms with Crippen LogP contribution in [0.25, 0.3) is 0 Å². The number of rotatable bonds is 3. The van der Waals surface area contributed by atoms with Gasteiger partial charge >= 0.3 is 0 Å². The fourth-order valence-corrected chi connectivity index (χ4v) is 2.03. The van der Waals surface area contributed by atoms with Crippen molar-refractivity contribution in [1.82, 2.24) is 9.55 Å². The SMILES string of the molecule is CC(C)c1ncc([C@@H](O)c2ccccc2)n1C. The maximum Gasteiger partial charge on any atom is 0.121 e. The number of hydrogen-bond donors (Lipinski definition) is 1. The van der Waals surface area contributed by atoms with E-state index >= 15 is 0 Å². The van der Waals surface area contributed by atoms with Crippen molar-refractivity contribution in [3.63, 3.8) is 0 Å². The van der Waals surface area contributed by atoms with Gasteiger partial charge in [-0.15, -0.1) is 0 Å². The van der Waals surface area contributed by atoms with Gasteiger partial charge in [-0.3, -0.25) is 0 Å². The van der Waals surface area contributed by atoms with Gasteiger partial charge in [0.15, 0.2) is 0 Å². The van der Waals surface area contributed by atoms with E-state index in [-0.39, 0.29) is 0 Å². The van der Waals surface area contributed by atoms with Crippen LogP contribution in [-0.2, 0) is 7.05 Å². The number of aliphatic hydroxyl groups is 1. The van der Waals surface area contributed by atoms with Crippen LogP contribution in [0.4, 0.5) is 0 Å². The molecule has 0 fully saturated rings. The highest BCUT2D eigenvalue weighted by Crippen LogP contribution is 2.24. The van der Waals surface area contributed by atoms with E-state index in [1.807, 2.05) is 41.9 Å². The molecular weight excluding hydrogens is 212 g/mol. The predicted octanol–water partition coefficient (Wildman–Crippen LogP) is 2.63. The van der Waals surface area contributed by atoms with Crippen molar-refractivity contribution in [3.8, 4) is 0 Å². The van der Waals surface area contributed by atoms with Crippen molar-refractivity contribution in [3.05, 3.63) is 53.6 Å². The molecule has 1 aromatic heterocycles. The molecule has 0 aliphatic heterocycles. The predicted molar refractivity (Wildman–Crippen MR) is 67.8 cm³/mol. The zero-order valence-corrected chi connectivity index (χ0v) is 10.5. The third-order valence-corrected chi connectivity index (χ3v) is 2.97. The van der Waals surface area contributed by atoms with Gasteiger partial charge in [0, 0.05) is 13.0 Å².